The molecule has 0 fully saturated rings. The fourth-order valence-electron chi connectivity index (χ4n) is 4.56. The van der Waals surface area contributed by atoms with Gasteiger partial charge in [-0.05, 0) is 48.2 Å². The lowest BCUT2D eigenvalue weighted by molar-refractivity contribution is 0.482. The van der Waals surface area contributed by atoms with Crippen LogP contribution < -0.4 is 4.18 Å². The smallest absolute Gasteiger partial charge is 0.339 e. The van der Waals surface area contributed by atoms with E-state index in [9.17, 15) is 8.42 Å². The Labute approximate surface area is 195 Å². The summed E-state index contributed by atoms with van der Waals surface area (Å²) in [5.41, 5.74) is 7.18. The number of benzene rings is 4. The molecule has 0 atom stereocenters. The Morgan fingerprint density at radius 3 is 1.91 bits per heavy atom. The van der Waals surface area contributed by atoms with Crippen molar-refractivity contribution in [2.45, 2.75) is 24.7 Å². The lowest BCUT2D eigenvalue weighted by Gasteiger charge is -2.20. The standard InChI is InChI=1S/C29H24O3S/c1-3-9-21-10-8-15-27(29(21)32-33(30,31)22-18-16-20(2)17-19-22)28-25-13-6-4-11-23(25)24-12-5-7-14-26(24)28/h3-19,28H,1-2H3. The molecule has 0 saturated carbocycles. The zero-order valence-electron chi connectivity index (χ0n) is 18.5. The first-order valence-electron chi connectivity index (χ1n) is 10.9. The number of allylic oxidation sites excluding steroid dienone is 1. The van der Waals surface area contributed by atoms with E-state index in [1.54, 1.807) is 24.3 Å². The van der Waals surface area contributed by atoms with Crippen LogP contribution in [0.5, 0.6) is 5.75 Å². The molecule has 33 heavy (non-hydrogen) atoms. The average Bonchev–Trinajstić information content (AvgIpc) is 3.15. The van der Waals surface area contributed by atoms with E-state index in [0.717, 1.165) is 27.8 Å². The van der Waals surface area contributed by atoms with Crippen LogP contribution in [0.25, 0.3) is 17.2 Å². The Morgan fingerprint density at radius 2 is 1.30 bits per heavy atom. The fourth-order valence-corrected chi connectivity index (χ4v) is 5.54. The average molecular weight is 453 g/mol. The molecule has 3 nitrogen and oxygen atoms in total. The lowest BCUT2D eigenvalue weighted by Crippen LogP contribution is -2.13. The number of fused-ring (bicyclic) bond motifs is 3. The molecule has 0 bridgehead atoms. The predicted molar refractivity (Wildman–Crippen MR) is 133 cm³/mol. The molecule has 0 unspecified atom stereocenters. The number of para-hydroxylation sites is 1. The molecule has 0 saturated heterocycles. The van der Waals surface area contributed by atoms with Crippen molar-refractivity contribution in [2.75, 3.05) is 0 Å². The fraction of sp³-hybridized carbons (Fsp3) is 0.103. The van der Waals surface area contributed by atoms with E-state index in [1.807, 2.05) is 68.5 Å². The first-order valence-corrected chi connectivity index (χ1v) is 12.4. The third-order valence-corrected chi connectivity index (χ3v) is 7.31. The SMILES string of the molecule is CC=Cc1cccc(C2c3ccccc3-c3ccccc32)c1OS(=O)(=O)c1ccc(C)cc1. The molecule has 0 spiro atoms. The maximum Gasteiger partial charge on any atom is 0.339 e. The van der Waals surface area contributed by atoms with E-state index < -0.39 is 10.1 Å². The van der Waals surface area contributed by atoms with Gasteiger partial charge in [-0.15, -0.1) is 0 Å². The van der Waals surface area contributed by atoms with E-state index >= 15 is 0 Å². The van der Waals surface area contributed by atoms with Gasteiger partial charge in [0.15, 0.2) is 5.75 Å². The van der Waals surface area contributed by atoms with Crippen molar-refractivity contribution >= 4 is 16.2 Å². The number of rotatable bonds is 5. The van der Waals surface area contributed by atoms with Crippen LogP contribution in [0.2, 0.25) is 0 Å². The molecule has 0 aliphatic heterocycles. The molecule has 4 aromatic carbocycles. The molecule has 0 aromatic heterocycles. The Hall–Kier alpha value is -3.63. The summed E-state index contributed by atoms with van der Waals surface area (Å²) in [6, 6.07) is 29.1. The Bertz CT molecular complexity index is 1420. The largest absolute Gasteiger partial charge is 0.378 e. The maximum atomic E-state index is 13.3. The molecule has 4 heteroatoms. The molecular weight excluding hydrogens is 428 g/mol. The van der Waals surface area contributed by atoms with Gasteiger partial charge in [0.2, 0.25) is 0 Å². The van der Waals surface area contributed by atoms with Crippen LogP contribution in [0.4, 0.5) is 0 Å². The zero-order valence-corrected chi connectivity index (χ0v) is 19.3. The van der Waals surface area contributed by atoms with Crippen LogP contribution in [-0.2, 0) is 10.1 Å². The highest BCUT2D eigenvalue weighted by atomic mass is 32.2. The molecule has 0 amide bonds. The van der Waals surface area contributed by atoms with Crippen molar-refractivity contribution < 1.29 is 12.6 Å². The van der Waals surface area contributed by atoms with Crippen LogP contribution in [0, 0.1) is 6.92 Å². The molecule has 0 radical (unpaired) electrons. The summed E-state index contributed by atoms with van der Waals surface area (Å²) >= 11 is 0. The molecule has 0 heterocycles. The van der Waals surface area contributed by atoms with E-state index in [0.29, 0.717) is 5.75 Å². The Kier molecular flexibility index (Phi) is 5.39. The molecular formula is C29H24O3S. The summed E-state index contributed by atoms with van der Waals surface area (Å²) in [6.07, 6.45) is 3.78. The molecule has 0 N–H and O–H groups in total. The van der Waals surface area contributed by atoms with E-state index in [4.69, 9.17) is 4.18 Å². The predicted octanol–water partition coefficient (Wildman–Crippen LogP) is 6.96. The minimum Gasteiger partial charge on any atom is -0.378 e. The lowest BCUT2D eigenvalue weighted by atomic mass is 9.87. The van der Waals surface area contributed by atoms with Crippen molar-refractivity contribution in [3.63, 3.8) is 0 Å². The summed E-state index contributed by atoms with van der Waals surface area (Å²) in [4.78, 5) is 0.140. The van der Waals surface area contributed by atoms with Crippen LogP contribution >= 0.6 is 0 Å². The van der Waals surface area contributed by atoms with Crippen molar-refractivity contribution in [1.82, 2.24) is 0 Å². The third-order valence-electron chi connectivity index (χ3n) is 6.07. The molecule has 1 aliphatic carbocycles. The molecule has 5 rings (SSSR count). The summed E-state index contributed by atoms with van der Waals surface area (Å²) < 4.78 is 32.5. The van der Waals surface area contributed by atoms with Crippen LogP contribution in [0.3, 0.4) is 0 Å². The highest BCUT2D eigenvalue weighted by Gasteiger charge is 2.33. The summed E-state index contributed by atoms with van der Waals surface area (Å²) in [5.74, 6) is 0.249. The van der Waals surface area contributed by atoms with Crippen molar-refractivity contribution in [3.05, 3.63) is 125 Å². The van der Waals surface area contributed by atoms with Gasteiger partial charge in [-0.2, -0.15) is 8.42 Å². The monoisotopic (exact) mass is 452 g/mol. The summed E-state index contributed by atoms with van der Waals surface area (Å²) in [5, 5.41) is 0. The van der Waals surface area contributed by atoms with Crippen LogP contribution in [-0.4, -0.2) is 8.42 Å². The minimum atomic E-state index is -4.01. The van der Waals surface area contributed by atoms with Gasteiger partial charge < -0.3 is 4.18 Å². The van der Waals surface area contributed by atoms with Gasteiger partial charge in [-0.3, -0.25) is 0 Å². The summed E-state index contributed by atoms with van der Waals surface area (Å²) in [7, 11) is -4.01. The highest BCUT2D eigenvalue weighted by Crippen LogP contribution is 2.50. The quantitative estimate of drug-likeness (QED) is 0.271. The van der Waals surface area contributed by atoms with Crippen LogP contribution in [0.15, 0.2) is 102 Å². The van der Waals surface area contributed by atoms with Gasteiger partial charge in [0, 0.05) is 17.0 Å². The third kappa shape index (κ3) is 3.77. The number of hydrogen-bond donors (Lipinski definition) is 0. The zero-order chi connectivity index (χ0) is 23.0. The first kappa shape index (κ1) is 21.2. The van der Waals surface area contributed by atoms with Gasteiger partial charge in [0.1, 0.15) is 4.90 Å². The van der Waals surface area contributed by atoms with Gasteiger partial charge in [-0.25, -0.2) is 0 Å². The topological polar surface area (TPSA) is 43.4 Å². The number of aryl methyl sites for hydroxylation is 1. The highest BCUT2D eigenvalue weighted by molar-refractivity contribution is 7.87. The summed E-state index contributed by atoms with van der Waals surface area (Å²) in [6.45, 7) is 3.83. The molecule has 4 aromatic rings. The number of hydrogen-bond acceptors (Lipinski definition) is 3. The second-order valence-corrected chi connectivity index (χ2v) is 9.77. The Morgan fingerprint density at radius 1 is 0.727 bits per heavy atom. The molecule has 164 valence electrons. The van der Waals surface area contributed by atoms with Crippen molar-refractivity contribution in [3.8, 4) is 16.9 Å². The van der Waals surface area contributed by atoms with Gasteiger partial charge in [0.05, 0.1) is 0 Å². The minimum absolute atomic E-state index is 0.120. The van der Waals surface area contributed by atoms with Crippen molar-refractivity contribution in [1.29, 1.82) is 0 Å². The Balaban J connectivity index is 1.71. The maximum absolute atomic E-state index is 13.3. The normalized spacial score (nSPS) is 13.2. The molecule has 1 aliphatic rings. The van der Waals surface area contributed by atoms with Gasteiger partial charge >= 0.3 is 10.1 Å². The van der Waals surface area contributed by atoms with Gasteiger partial charge in [0.25, 0.3) is 0 Å². The second-order valence-electron chi connectivity index (χ2n) is 8.22. The van der Waals surface area contributed by atoms with E-state index in [-0.39, 0.29) is 10.8 Å². The second kappa shape index (κ2) is 8.38. The van der Waals surface area contributed by atoms with Crippen molar-refractivity contribution in [2.24, 2.45) is 0 Å². The first-order chi connectivity index (χ1) is 16.0. The van der Waals surface area contributed by atoms with E-state index in [1.165, 1.54) is 11.1 Å². The van der Waals surface area contributed by atoms with Crippen LogP contribution in [0.1, 0.15) is 40.7 Å². The van der Waals surface area contributed by atoms with E-state index in [2.05, 4.69) is 24.3 Å². The van der Waals surface area contributed by atoms with Gasteiger partial charge in [-0.1, -0.05) is 96.6 Å².